The molecule has 2 atom stereocenters. The van der Waals surface area contributed by atoms with Crippen molar-refractivity contribution in [3.8, 4) is 5.75 Å². The molecule has 1 amide bonds. The van der Waals surface area contributed by atoms with Crippen LogP contribution in [0, 0.1) is 13.8 Å². The van der Waals surface area contributed by atoms with Crippen LogP contribution < -0.4 is 4.74 Å². The van der Waals surface area contributed by atoms with Gasteiger partial charge in [-0.3, -0.25) is 4.79 Å². The van der Waals surface area contributed by atoms with Gasteiger partial charge in [-0.1, -0.05) is 30.3 Å². The first-order chi connectivity index (χ1) is 13.9. The Balaban J connectivity index is 1.74. The van der Waals surface area contributed by atoms with E-state index in [0.29, 0.717) is 24.3 Å². The summed E-state index contributed by atoms with van der Waals surface area (Å²) < 4.78 is 5.35. The normalized spacial score (nSPS) is 17.2. The summed E-state index contributed by atoms with van der Waals surface area (Å²) in [6.07, 6.45) is 1.68. The number of aliphatic hydroxyl groups is 1. The zero-order chi connectivity index (χ0) is 21.0. The Labute approximate surface area is 170 Å². The van der Waals surface area contributed by atoms with Gasteiger partial charge in [-0.25, -0.2) is 4.79 Å². The molecule has 1 aliphatic heterocycles. The number of rotatable bonds is 7. The number of hydrogen-bond donors (Lipinski definition) is 2. The topological polar surface area (TPSA) is 87.1 Å². The minimum atomic E-state index is -1.04. The Morgan fingerprint density at radius 3 is 2.45 bits per heavy atom. The number of carbonyl (C=O) groups is 2. The maximum absolute atomic E-state index is 13.2. The summed E-state index contributed by atoms with van der Waals surface area (Å²) in [4.78, 5) is 25.8. The molecule has 6 heteroatoms. The number of carboxylic acids is 1. The van der Waals surface area contributed by atoms with E-state index in [4.69, 9.17) is 9.84 Å². The Bertz CT molecular complexity index is 857. The lowest BCUT2D eigenvalue weighted by atomic mass is 9.99. The van der Waals surface area contributed by atoms with Crippen molar-refractivity contribution in [1.29, 1.82) is 0 Å². The van der Waals surface area contributed by atoms with Crippen LogP contribution in [0.15, 0.2) is 42.5 Å². The van der Waals surface area contributed by atoms with E-state index >= 15 is 0 Å². The van der Waals surface area contributed by atoms with E-state index in [0.717, 1.165) is 29.5 Å². The van der Waals surface area contributed by atoms with Crippen LogP contribution in [0.2, 0.25) is 0 Å². The Kier molecular flexibility index (Phi) is 6.54. The van der Waals surface area contributed by atoms with Gasteiger partial charge in [0, 0.05) is 18.2 Å². The van der Waals surface area contributed by atoms with Gasteiger partial charge < -0.3 is 19.8 Å². The van der Waals surface area contributed by atoms with Crippen LogP contribution >= 0.6 is 0 Å². The van der Waals surface area contributed by atoms with Crippen LogP contribution in [-0.4, -0.2) is 46.2 Å². The maximum atomic E-state index is 13.2. The second kappa shape index (κ2) is 9.09. The highest BCUT2D eigenvalue weighted by molar-refractivity contribution is 5.95. The highest BCUT2D eigenvalue weighted by Crippen LogP contribution is 2.30. The van der Waals surface area contributed by atoms with Crippen molar-refractivity contribution in [3.05, 3.63) is 64.7 Å². The molecule has 0 saturated carbocycles. The minimum absolute atomic E-state index is 0.0127. The molecule has 6 nitrogen and oxygen atoms in total. The van der Waals surface area contributed by atoms with E-state index in [9.17, 15) is 14.7 Å². The monoisotopic (exact) mass is 397 g/mol. The molecule has 1 saturated heterocycles. The lowest BCUT2D eigenvalue weighted by Gasteiger charge is -2.27. The van der Waals surface area contributed by atoms with Crippen molar-refractivity contribution >= 4 is 11.9 Å². The van der Waals surface area contributed by atoms with E-state index in [2.05, 4.69) is 0 Å². The quantitative estimate of drug-likeness (QED) is 0.747. The van der Waals surface area contributed by atoms with Crippen LogP contribution in [0.5, 0.6) is 5.75 Å². The molecule has 2 N–H and O–H groups in total. The number of amides is 1. The van der Waals surface area contributed by atoms with Gasteiger partial charge >= 0.3 is 5.97 Å². The van der Waals surface area contributed by atoms with Crippen LogP contribution in [0.1, 0.15) is 52.4 Å². The zero-order valence-electron chi connectivity index (χ0n) is 16.8. The summed E-state index contributed by atoms with van der Waals surface area (Å²) in [5.41, 5.74) is 2.88. The van der Waals surface area contributed by atoms with E-state index < -0.39 is 18.7 Å². The number of carboxylic acid groups (broad SMARTS) is 1. The summed E-state index contributed by atoms with van der Waals surface area (Å²) in [7, 11) is 0. The fraction of sp³-hybridized carbons (Fsp3) is 0.391. The first-order valence-electron chi connectivity index (χ1n) is 9.86. The number of hydrogen-bond acceptors (Lipinski definition) is 4. The highest BCUT2D eigenvalue weighted by atomic mass is 16.5. The summed E-state index contributed by atoms with van der Waals surface area (Å²) in [6.45, 7) is 3.87. The number of aliphatic carboxylic acids is 1. The summed E-state index contributed by atoms with van der Waals surface area (Å²) in [5, 5.41) is 19.4. The largest absolute Gasteiger partial charge is 0.481 e. The van der Waals surface area contributed by atoms with Crippen molar-refractivity contribution in [3.63, 3.8) is 0 Å². The molecule has 1 fully saturated rings. The van der Waals surface area contributed by atoms with Crippen molar-refractivity contribution < 1.29 is 24.5 Å². The van der Waals surface area contributed by atoms with Crippen molar-refractivity contribution in [2.24, 2.45) is 0 Å². The average Bonchev–Trinajstić information content (AvgIpc) is 3.15. The van der Waals surface area contributed by atoms with Crippen molar-refractivity contribution in [2.45, 2.75) is 45.3 Å². The third-order valence-electron chi connectivity index (χ3n) is 5.36. The minimum Gasteiger partial charge on any atom is -0.481 e. The molecule has 3 rings (SSSR count). The molecular formula is C23H27NO5. The molecule has 154 valence electrons. The summed E-state index contributed by atoms with van der Waals surface area (Å²) in [5.74, 6) is -0.606. The van der Waals surface area contributed by atoms with Crippen LogP contribution in [0.3, 0.4) is 0 Å². The molecule has 1 heterocycles. The van der Waals surface area contributed by atoms with Gasteiger partial charge in [-0.15, -0.1) is 0 Å². The second-order valence-corrected chi connectivity index (χ2v) is 7.58. The van der Waals surface area contributed by atoms with E-state index in [1.54, 1.807) is 12.1 Å². The van der Waals surface area contributed by atoms with E-state index in [1.807, 2.05) is 49.1 Å². The zero-order valence-corrected chi connectivity index (χ0v) is 16.8. The number of aryl methyl sites for hydroxylation is 2. The van der Waals surface area contributed by atoms with Gasteiger partial charge in [0.1, 0.15) is 5.75 Å². The van der Waals surface area contributed by atoms with Crippen molar-refractivity contribution in [1.82, 2.24) is 4.90 Å². The Morgan fingerprint density at radius 2 is 1.83 bits per heavy atom. The Hall–Kier alpha value is -2.86. The highest BCUT2D eigenvalue weighted by Gasteiger charge is 2.31. The van der Waals surface area contributed by atoms with Crippen LogP contribution in [0.25, 0.3) is 0 Å². The molecule has 0 bridgehead atoms. The number of likely N-dealkylation sites (tertiary alicyclic amines) is 1. The molecule has 2 unspecified atom stereocenters. The molecule has 1 aliphatic rings. The molecule has 0 spiro atoms. The molecular weight excluding hydrogens is 370 g/mol. The molecule has 2 aromatic carbocycles. The summed E-state index contributed by atoms with van der Waals surface area (Å²) >= 11 is 0. The number of ether oxygens (including phenoxy) is 1. The molecule has 0 aliphatic carbocycles. The molecule has 0 radical (unpaired) electrons. The van der Waals surface area contributed by atoms with Gasteiger partial charge in [0.05, 0.1) is 6.10 Å². The third-order valence-corrected chi connectivity index (χ3v) is 5.36. The molecule has 0 aromatic heterocycles. The third kappa shape index (κ3) is 4.95. The van der Waals surface area contributed by atoms with Gasteiger partial charge in [-0.2, -0.15) is 0 Å². The van der Waals surface area contributed by atoms with Gasteiger partial charge in [0.25, 0.3) is 5.91 Å². The fourth-order valence-electron chi connectivity index (χ4n) is 4.02. The van der Waals surface area contributed by atoms with Crippen LogP contribution in [0.4, 0.5) is 0 Å². The van der Waals surface area contributed by atoms with Gasteiger partial charge in [-0.05, 0) is 61.9 Å². The number of nitrogens with zero attached hydrogens (tertiary/aromatic N) is 1. The number of aliphatic hydroxyl groups excluding tert-OH is 1. The lowest BCUT2D eigenvalue weighted by Crippen LogP contribution is -2.36. The Morgan fingerprint density at radius 1 is 1.17 bits per heavy atom. The van der Waals surface area contributed by atoms with Crippen molar-refractivity contribution in [2.75, 3.05) is 13.2 Å². The SMILES string of the molecule is Cc1cc(C(=O)N2CCCC2CC(O)c2ccccc2)cc(C)c1OCC(=O)O. The predicted molar refractivity (Wildman–Crippen MR) is 109 cm³/mol. The second-order valence-electron chi connectivity index (χ2n) is 7.58. The van der Waals surface area contributed by atoms with Crippen LogP contribution in [-0.2, 0) is 4.79 Å². The first-order valence-corrected chi connectivity index (χ1v) is 9.86. The summed E-state index contributed by atoms with van der Waals surface area (Å²) in [6, 6.07) is 13.0. The fourth-order valence-corrected chi connectivity index (χ4v) is 4.02. The number of carbonyl (C=O) groups excluding carboxylic acids is 1. The lowest BCUT2D eigenvalue weighted by molar-refractivity contribution is -0.139. The number of benzene rings is 2. The van der Waals surface area contributed by atoms with E-state index in [-0.39, 0.29) is 11.9 Å². The predicted octanol–water partition coefficient (Wildman–Crippen LogP) is 3.50. The smallest absolute Gasteiger partial charge is 0.341 e. The van der Waals surface area contributed by atoms with Gasteiger partial charge in [0.2, 0.25) is 0 Å². The van der Waals surface area contributed by atoms with Gasteiger partial charge in [0.15, 0.2) is 6.61 Å². The molecule has 29 heavy (non-hydrogen) atoms. The standard InChI is InChI=1S/C23H27NO5/c1-15-11-18(12-16(2)22(15)29-14-21(26)27)23(28)24-10-6-9-19(24)13-20(25)17-7-4-3-5-8-17/h3-5,7-8,11-12,19-20,25H,6,9-10,13-14H2,1-2H3,(H,26,27). The average molecular weight is 397 g/mol. The maximum Gasteiger partial charge on any atom is 0.341 e. The first kappa shape index (κ1) is 20.9. The molecule has 2 aromatic rings. The van der Waals surface area contributed by atoms with E-state index in [1.165, 1.54) is 0 Å².